The van der Waals surface area contributed by atoms with Crippen molar-refractivity contribution in [1.82, 2.24) is 34.2 Å². The number of anilines is 1. The summed E-state index contributed by atoms with van der Waals surface area (Å²) in [5.74, 6) is 0.253. The Bertz CT molecular complexity index is 1500. The monoisotopic (exact) mass is 514 g/mol. The van der Waals surface area contributed by atoms with E-state index in [0.717, 1.165) is 35.4 Å². The molecule has 38 heavy (non-hydrogen) atoms. The first-order valence-electron chi connectivity index (χ1n) is 13.0. The SMILES string of the molecule is Nc1ncnn2c(-c3cccc(C(=O)N4CCN(C(=O)O)CC4)c3)cc(-c3ccnn3C3CCCCC3)c12. The number of piperazine rings is 1. The fraction of sp³-hybridized carbons (Fsp3) is 0.370. The average Bonchev–Trinajstić information content (AvgIpc) is 3.59. The Labute approximate surface area is 219 Å². The van der Waals surface area contributed by atoms with Crippen LogP contribution in [0.3, 0.4) is 0 Å². The highest BCUT2D eigenvalue weighted by Crippen LogP contribution is 2.38. The summed E-state index contributed by atoms with van der Waals surface area (Å²) in [6.07, 6.45) is 8.17. The van der Waals surface area contributed by atoms with Gasteiger partial charge in [0, 0.05) is 49.1 Å². The van der Waals surface area contributed by atoms with Crippen molar-refractivity contribution in [3.63, 3.8) is 0 Å². The summed E-state index contributed by atoms with van der Waals surface area (Å²) in [6, 6.07) is 11.8. The zero-order chi connectivity index (χ0) is 26.2. The number of nitrogens with zero attached hydrogens (tertiary/aromatic N) is 7. The Morgan fingerprint density at radius 1 is 0.921 bits per heavy atom. The molecule has 1 saturated carbocycles. The van der Waals surface area contributed by atoms with Crippen LogP contribution in [-0.4, -0.2) is 77.5 Å². The van der Waals surface area contributed by atoms with Gasteiger partial charge in [-0.1, -0.05) is 31.4 Å². The van der Waals surface area contributed by atoms with E-state index >= 15 is 0 Å². The summed E-state index contributed by atoms with van der Waals surface area (Å²) >= 11 is 0. The summed E-state index contributed by atoms with van der Waals surface area (Å²) in [5, 5.41) is 18.4. The van der Waals surface area contributed by atoms with Crippen molar-refractivity contribution in [1.29, 1.82) is 0 Å². The molecule has 1 aliphatic heterocycles. The molecule has 2 amide bonds. The van der Waals surface area contributed by atoms with Crippen molar-refractivity contribution >= 4 is 23.3 Å². The standard InChI is InChI=1S/C27H30N8O3/c28-25-24-21(22-9-10-30-34(22)20-7-2-1-3-8-20)16-23(35(24)31-17-29-25)18-5-4-6-19(15-18)26(36)32-11-13-33(14-12-32)27(37)38/h4-6,9-10,15-17,20H,1-3,7-8,11-14H2,(H,37,38)(H2,28,29,31). The highest BCUT2D eigenvalue weighted by atomic mass is 16.4. The van der Waals surface area contributed by atoms with Crippen LogP contribution in [0.15, 0.2) is 48.9 Å². The lowest BCUT2D eigenvalue weighted by Gasteiger charge is -2.33. The largest absolute Gasteiger partial charge is 0.465 e. The zero-order valence-electron chi connectivity index (χ0n) is 21.0. The fourth-order valence-corrected chi connectivity index (χ4v) is 5.71. The van der Waals surface area contributed by atoms with Crippen LogP contribution in [0.25, 0.3) is 28.0 Å². The van der Waals surface area contributed by atoms with Crippen LogP contribution in [0.5, 0.6) is 0 Å². The summed E-state index contributed by atoms with van der Waals surface area (Å²) in [4.78, 5) is 31.8. The second kappa shape index (κ2) is 9.81. The average molecular weight is 515 g/mol. The predicted molar refractivity (Wildman–Crippen MR) is 142 cm³/mol. The molecule has 196 valence electrons. The van der Waals surface area contributed by atoms with Gasteiger partial charge in [-0.25, -0.2) is 14.3 Å². The first-order chi connectivity index (χ1) is 18.5. The van der Waals surface area contributed by atoms with Gasteiger partial charge in [0.25, 0.3) is 5.91 Å². The molecule has 11 heteroatoms. The van der Waals surface area contributed by atoms with E-state index in [2.05, 4.69) is 19.9 Å². The van der Waals surface area contributed by atoms with Crippen LogP contribution in [0.2, 0.25) is 0 Å². The third kappa shape index (κ3) is 4.23. The molecule has 3 aromatic heterocycles. The number of carbonyl (C=O) groups excluding carboxylic acids is 1. The van der Waals surface area contributed by atoms with Gasteiger partial charge in [-0.2, -0.15) is 10.2 Å². The predicted octanol–water partition coefficient (Wildman–Crippen LogP) is 3.78. The molecule has 11 nitrogen and oxygen atoms in total. The lowest BCUT2D eigenvalue weighted by molar-refractivity contribution is 0.0625. The Balaban J connectivity index is 1.37. The summed E-state index contributed by atoms with van der Waals surface area (Å²) in [6.45, 7) is 1.33. The second-order valence-corrected chi connectivity index (χ2v) is 9.94. The van der Waals surface area contributed by atoms with E-state index < -0.39 is 6.09 Å². The molecule has 2 fully saturated rings. The molecule has 0 unspecified atom stereocenters. The van der Waals surface area contributed by atoms with Gasteiger partial charge in [0.2, 0.25) is 0 Å². The first kappa shape index (κ1) is 24.0. The molecule has 1 saturated heterocycles. The molecule has 6 rings (SSSR count). The maximum atomic E-state index is 13.3. The molecule has 0 radical (unpaired) electrons. The van der Waals surface area contributed by atoms with Crippen molar-refractivity contribution < 1.29 is 14.7 Å². The number of rotatable bonds is 4. The smallest absolute Gasteiger partial charge is 0.407 e. The quantitative estimate of drug-likeness (QED) is 0.423. The Morgan fingerprint density at radius 3 is 2.45 bits per heavy atom. The molecule has 4 heterocycles. The van der Waals surface area contributed by atoms with Gasteiger partial charge in [-0.3, -0.25) is 9.48 Å². The molecule has 0 atom stereocenters. The van der Waals surface area contributed by atoms with E-state index in [9.17, 15) is 14.7 Å². The van der Waals surface area contributed by atoms with Gasteiger partial charge in [0.15, 0.2) is 5.82 Å². The van der Waals surface area contributed by atoms with E-state index in [-0.39, 0.29) is 5.91 Å². The Hall–Kier alpha value is -4.41. The van der Waals surface area contributed by atoms with Crippen molar-refractivity contribution in [2.24, 2.45) is 0 Å². The van der Waals surface area contributed by atoms with E-state index in [1.54, 1.807) is 15.5 Å². The maximum Gasteiger partial charge on any atom is 0.407 e. The van der Waals surface area contributed by atoms with Gasteiger partial charge in [0.1, 0.15) is 11.8 Å². The number of hydrogen-bond acceptors (Lipinski definition) is 6. The number of aromatic nitrogens is 5. The van der Waals surface area contributed by atoms with E-state index in [4.69, 9.17) is 5.73 Å². The summed E-state index contributed by atoms with van der Waals surface area (Å²) in [7, 11) is 0. The zero-order valence-corrected chi connectivity index (χ0v) is 21.0. The minimum absolute atomic E-state index is 0.123. The number of amides is 2. The summed E-state index contributed by atoms with van der Waals surface area (Å²) in [5.41, 5.74) is 11.1. The number of carbonyl (C=O) groups is 2. The van der Waals surface area contributed by atoms with Gasteiger partial charge >= 0.3 is 6.09 Å². The van der Waals surface area contributed by atoms with Crippen molar-refractivity contribution in [2.75, 3.05) is 31.9 Å². The highest BCUT2D eigenvalue weighted by Gasteiger charge is 2.26. The summed E-state index contributed by atoms with van der Waals surface area (Å²) < 4.78 is 3.90. The van der Waals surface area contributed by atoms with Crippen LogP contribution in [-0.2, 0) is 0 Å². The number of hydrogen-bond donors (Lipinski definition) is 2. The number of nitrogens with two attached hydrogens (primary N) is 1. The molecule has 1 aliphatic carbocycles. The third-order valence-electron chi connectivity index (χ3n) is 7.69. The molecule has 4 aromatic rings. The van der Waals surface area contributed by atoms with Crippen LogP contribution >= 0.6 is 0 Å². The lowest BCUT2D eigenvalue weighted by Crippen LogP contribution is -2.50. The molecule has 1 aromatic carbocycles. The van der Waals surface area contributed by atoms with Gasteiger partial charge < -0.3 is 20.6 Å². The number of benzene rings is 1. The lowest BCUT2D eigenvalue weighted by atomic mass is 9.95. The molecule has 0 bridgehead atoms. The molecule has 3 N–H and O–H groups in total. The second-order valence-electron chi connectivity index (χ2n) is 9.94. The van der Waals surface area contributed by atoms with Gasteiger partial charge in [-0.15, -0.1) is 0 Å². The van der Waals surface area contributed by atoms with E-state index in [0.29, 0.717) is 49.1 Å². The fourth-order valence-electron chi connectivity index (χ4n) is 5.71. The minimum Gasteiger partial charge on any atom is -0.465 e. The molecule has 2 aliphatic rings. The van der Waals surface area contributed by atoms with Gasteiger partial charge in [-0.05, 0) is 37.1 Å². The first-order valence-corrected chi connectivity index (χ1v) is 13.0. The van der Waals surface area contributed by atoms with Crippen molar-refractivity contribution in [3.05, 3.63) is 54.5 Å². The number of fused-ring (bicyclic) bond motifs is 1. The van der Waals surface area contributed by atoms with Crippen LogP contribution in [0.1, 0.15) is 48.5 Å². The van der Waals surface area contributed by atoms with Crippen LogP contribution in [0.4, 0.5) is 10.6 Å². The molecule has 0 spiro atoms. The van der Waals surface area contributed by atoms with E-state index in [1.165, 1.54) is 30.5 Å². The van der Waals surface area contributed by atoms with E-state index in [1.807, 2.05) is 36.5 Å². The highest BCUT2D eigenvalue weighted by molar-refractivity contribution is 5.96. The van der Waals surface area contributed by atoms with Crippen molar-refractivity contribution in [3.8, 4) is 22.5 Å². The minimum atomic E-state index is -0.957. The van der Waals surface area contributed by atoms with Crippen LogP contribution in [0, 0.1) is 0 Å². The maximum absolute atomic E-state index is 13.3. The number of carboxylic acid groups (broad SMARTS) is 1. The number of nitrogen functional groups attached to an aromatic ring is 1. The normalized spacial score (nSPS) is 16.7. The topological polar surface area (TPSA) is 135 Å². The molecular formula is C27H30N8O3. The van der Waals surface area contributed by atoms with Crippen LogP contribution < -0.4 is 5.73 Å². The third-order valence-corrected chi connectivity index (χ3v) is 7.69. The Kier molecular flexibility index (Phi) is 6.18. The molecular weight excluding hydrogens is 484 g/mol. The van der Waals surface area contributed by atoms with Crippen molar-refractivity contribution in [2.45, 2.75) is 38.1 Å². The Morgan fingerprint density at radius 2 is 1.68 bits per heavy atom. The van der Waals surface area contributed by atoms with Gasteiger partial charge in [0.05, 0.1) is 17.4 Å².